The number of amides is 6. The Hall–Kier alpha value is -6.34. The first-order valence-electron chi connectivity index (χ1n) is 27.7. The van der Waals surface area contributed by atoms with E-state index in [-0.39, 0.29) is 44.3 Å². The molecule has 27 nitrogen and oxygen atoms in total. The van der Waals surface area contributed by atoms with E-state index in [0.717, 1.165) is 16.5 Å². The minimum Gasteiger partial charge on any atom is -0.378 e. The van der Waals surface area contributed by atoms with Gasteiger partial charge in [0.2, 0.25) is 0 Å². The van der Waals surface area contributed by atoms with Crippen LogP contribution in [0.3, 0.4) is 0 Å². The Morgan fingerprint density at radius 1 is 0.549 bits per heavy atom. The number of hydrogen-bond acceptors (Lipinski definition) is 21. The van der Waals surface area contributed by atoms with Crippen molar-refractivity contribution in [3.05, 3.63) is 66.5 Å². The summed E-state index contributed by atoms with van der Waals surface area (Å²) in [7, 11) is 0. The minimum atomic E-state index is -1.03. The van der Waals surface area contributed by atoms with Gasteiger partial charge in [0.1, 0.15) is 16.9 Å². The van der Waals surface area contributed by atoms with Crippen LogP contribution in [0.25, 0.3) is 22.2 Å². The van der Waals surface area contributed by atoms with Crippen LogP contribution in [0.15, 0.2) is 60.8 Å². The van der Waals surface area contributed by atoms with Crippen molar-refractivity contribution in [3.8, 4) is 11.3 Å². The lowest BCUT2D eigenvalue weighted by Crippen LogP contribution is -2.56. The van der Waals surface area contributed by atoms with Gasteiger partial charge in [-0.05, 0) is 43.2 Å². The average molecular weight is 1150 g/mol. The van der Waals surface area contributed by atoms with Gasteiger partial charge in [0.05, 0.1) is 183 Å². The average Bonchev–Trinajstić information content (AvgIpc) is 4.48. The number of likely N-dealkylation sites (tertiary alicyclic amines) is 1. The zero-order chi connectivity index (χ0) is 57.5. The molecule has 3 aliphatic heterocycles. The van der Waals surface area contributed by atoms with E-state index in [1.165, 1.54) is 4.90 Å². The molecule has 0 aliphatic carbocycles. The van der Waals surface area contributed by atoms with Crippen molar-refractivity contribution in [3.63, 3.8) is 0 Å². The number of hydroxylamine groups is 2. The molecule has 450 valence electrons. The van der Waals surface area contributed by atoms with E-state index >= 15 is 0 Å². The summed E-state index contributed by atoms with van der Waals surface area (Å²) in [4.78, 5) is 85.4. The largest absolute Gasteiger partial charge is 0.378 e. The number of nitrogens with zero attached hydrogens (tertiary/aromatic N) is 6. The summed E-state index contributed by atoms with van der Waals surface area (Å²) in [5.41, 5.74) is 2.29. The van der Waals surface area contributed by atoms with E-state index in [9.17, 15) is 28.8 Å². The summed E-state index contributed by atoms with van der Waals surface area (Å²) >= 11 is 0. The van der Waals surface area contributed by atoms with Crippen LogP contribution in [0.1, 0.15) is 42.6 Å². The monoisotopic (exact) mass is 1150 g/mol. The van der Waals surface area contributed by atoms with E-state index in [2.05, 4.69) is 20.6 Å². The molecule has 0 unspecified atom stereocenters. The second-order valence-electron chi connectivity index (χ2n) is 18.8. The third-order valence-corrected chi connectivity index (χ3v) is 13.0. The first kappa shape index (κ1) is 63.2. The molecule has 27 heteroatoms. The number of ether oxygens (including phenoxy) is 12. The van der Waals surface area contributed by atoms with Gasteiger partial charge in [-0.1, -0.05) is 29.5 Å². The van der Waals surface area contributed by atoms with Crippen molar-refractivity contribution in [1.29, 1.82) is 0 Å². The fourth-order valence-electron chi connectivity index (χ4n) is 8.62. The number of urea groups is 1. The number of rotatable bonds is 43. The highest BCUT2D eigenvalue weighted by Crippen LogP contribution is 2.33. The van der Waals surface area contributed by atoms with Crippen molar-refractivity contribution in [2.24, 2.45) is 0 Å². The van der Waals surface area contributed by atoms with Gasteiger partial charge in [0.15, 0.2) is 0 Å². The molecule has 0 bridgehead atoms. The molecule has 7 rings (SSSR count). The van der Waals surface area contributed by atoms with Gasteiger partial charge in [-0.3, -0.25) is 19.2 Å². The van der Waals surface area contributed by atoms with Crippen LogP contribution >= 0.6 is 0 Å². The number of carbonyl (C=O) groups excluding carboxylic acids is 6. The molecule has 0 saturated carbocycles. The van der Waals surface area contributed by atoms with Crippen molar-refractivity contribution < 1.29 is 90.4 Å². The van der Waals surface area contributed by atoms with Crippen LogP contribution in [0, 0.1) is 0 Å². The fraction of sp³-hybridized carbons (Fsp3) is 0.600. The summed E-state index contributed by atoms with van der Waals surface area (Å²) in [6, 6.07) is 16.0. The molecular formula is C55H76N8O19. The third-order valence-electron chi connectivity index (χ3n) is 13.0. The molecule has 0 radical (unpaired) electrons. The van der Waals surface area contributed by atoms with E-state index in [0.29, 0.717) is 200 Å². The zero-order valence-corrected chi connectivity index (χ0v) is 46.3. The molecule has 2 aromatic carbocycles. The van der Waals surface area contributed by atoms with Crippen LogP contribution < -0.4 is 10.2 Å². The number of carbonyl (C=O) groups is 6. The van der Waals surface area contributed by atoms with Gasteiger partial charge in [-0.25, -0.2) is 19.2 Å². The highest BCUT2D eigenvalue weighted by atomic mass is 16.7. The molecule has 0 atom stereocenters. The molecule has 1 spiro atoms. The van der Waals surface area contributed by atoms with E-state index < -0.39 is 29.4 Å². The van der Waals surface area contributed by atoms with Gasteiger partial charge in [0, 0.05) is 42.4 Å². The molecule has 3 aliphatic rings. The molecule has 3 saturated heterocycles. The summed E-state index contributed by atoms with van der Waals surface area (Å²) in [5, 5.41) is 12.9. The summed E-state index contributed by atoms with van der Waals surface area (Å²) in [6.45, 7) is 11.0. The SMILES string of the molecule is O=C(CCOCCOCCOCCOCCOCCOCCOCCOCCOCCOCCOCCOCCn1cc(-c2ccc3[nH]c(C(=O)N4CCC5(CC4)NC(=O)N(c4ccccc4)C5=O)cc3c2)nn1)ON1C(=O)CCC1=O. The Labute approximate surface area is 475 Å². The molecule has 2 N–H and O–H groups in total. The van der Waals surface area contributed by atoms with Crippen LogP contribution in [0.5, 0.6) is 0 Å². The maximum absolute atomic E-state index is 13.6. The maximum Gasteiger partial charge on any atom is 0.335 e. The van der Waals surface area contributed by atoms with Crippen molar-refractivity contribution in [1.82, 2.24) is 35.3 Å². The van der Waals surface area contributed by atoms with Crippen LogP contribution in [0.2, 0.25) is 0 Å². The van der Waals surface area contributed by atoms with E-state index in [1.807, 2.05) is 36.5 Å². The van der Waals surface area contributed by atoms with Crippen LogP contribution in [-0.2, 0) is 87.4 Å². The van der Waals surface area contributed by atoms with Gasteiger partial charge in [0.25, 0.3) is 23.6 Å². The number of piperidine rings is 1. The second-order valence-corrected chi connectivity index (χ2v) is 18.8. The number of fused-ring (bicyclic) bond motifs is 1. The molecule has 2 aromatic heterocycles. The summed E-state index contributed by atoms with van der Waals surface area (Å²) in [6.07, 6.45) is 2.52. The highest BCUT2D eigenvalue weighted by molar-refractivity contribution is 6.23. The van der Waals surface area contributed by atoms with E-state index in [4.69, 9.17) is 61.7 Å². The highest BCUT2D eigenvalue weighted by Gasteiger charge is 2.53. The minimum absolute atomic E-state index is 0.0496. The van der Waals surface area contributed by atoms with Gasteiger partial charge >= 0.3 is 12.0 Å². The Balaban J connectivity index is 0.572. The number of imide groups is 2. The molecule has 6 amide bonds. The van der Waals surface area contributed by atoms with Crippen molar-refractivity contribution in [2.45, 2.75) is 44.2 Å². The number of anilines is 1. The maximum atomic E-state index is 13.6. The smallest absolute Gasteiger partial charge is 0.335 e. The molecule has 82 heavy (non-hydrogen) atoms. The van der Waals surface area contributed by atoms with Crippen molar-refractivity contribution in [2.75, 3.05) is 177 Å². The Morgan fingerprint density at radius 2 is 1.01 bits per heavy atom. The first-order chi connectivity index (χ1) is 40.2. The Kier molecular flexibility index (Phi) is 27.5. The number of para-hydroxylation sites is 1. The zero-order valence-electron chi connectivity index (χ0n) is 46.3. The van der Waals surface area contributed by atoms with Crippen LogP contribution in [-0.4, -0.2) is 243 Å². The lowest BCUT2D eigenvalue weighted by atomic mass is 9.87. The Bertz CT molecular complexity index is 2560. The van der Waals surface area contributed by atoms with Gasteiger partial charge in [-0.15, -0.1) is 10.2 Å². The third kappa shape index (κ3) is 20.8. The number of nitrogens with one attached hydrogen (secondary N) is 2. The standard InChI is InChI=1S/C55H76N8O19/c64-49-8-9-50(65)63(49)82-51(66)10-16-70-18-20-72-22-24-74-26-28-76-30-32-78-34-36-80-38-39-81-37-35-79-33-31-77-29-27-75-25-23-73-21-19-71-17-15-61-42-48(58-59-61)43-6-7-46-44(40-43)41-47(56-46)52(67)60-13-11-55(12-14-60)53(68)62(54(69)57-55)45-4-2-1-3-5-45/h1-7,40-42,56H,8-39H2,(H,57,69). The topological polar surface area (TPSA) is 291 Å². The predicted octanol–water partition coefficient (Wildman–Crippen LogP) is 2.35. The number of aromatic amines is 1. The Morgan fingerprint density at radius 3 is 1.50 bits per heavy atom. The lowest BCUT2D eigenvalue weighted by molar-refractivity contribution is -0.198. The normalized spacial score (nSPS) is 15.2. The lowest BCUT2D eigenvalue weighted by Gasteiger charge is -2.37. The number of benzene rings is 2. The summed E-state index contributed by atoms with van der Waals surface area (Å²) in [5.74, 6) is -2.20. The predicted molar refractivity (Wildman–Crippen MR) is 289 cm³/mol. The second kappa shape index (κ2) is 35.6. The number of H-pyrrole nitrogens is 1. The van der Waals surface area contributed by atoms with Gasteiger partial charge in [-0.2, -0.15) is 0 Å². The quantitative estimate of drug-likeness (QED) is 0.0365. The van der Waals surface area contributed by atoms with Crippen LogP contribution in [0.4, 0.5) is 10.5 Å². The number of aromatic nitrogens is 4. The molecule has 5 heterocycles. The molecule has 3 fully saturated rings. The molecular weight excluding hydrogens is 1080 g/mol. The summed E-state index contributed by atoms with van der Waals surface area (Å²) < 4.78 is 67.8. The number of hydrogen-bond donors (Lipinski definition) is 2. The van der Waals surface area contributed by atoms with Crippen molar-refractivity contribution >= 4 is 52.2 Å². The van der Waals surface area contributed by atoms with Gasteiger partial charge < -0.3 is 76.9 Å². The first-order valence-corrected chi connectivity index (χ1v) is 27.7. The molecule has 4 aromatic rings. The van der Waals surface area contributed by atoms with E-state index in [1.54, 1.807) is 33.8 Å². The fourth-order valence-corrected chi connectivity index (χ4v) is 8.62.